The zero-order valence-corrected chi connectivity index (χ0v) is 44.2. The first-order chi connectivity index (χ1) is 37.1. The fourth-order valence-corrected chi connectivity index (χ4v) is 16.7. The topological polar surface area (TPSA) is 0 Å². The Morgan fingerprint density at radius 3 is 0.520 bits per heavy atom. The van der Waals surface area contributed by atoms with Crippen molar-refractivity contribution in [1.29, 1.82) is 0 Å². The first-order valence-corrected chi connectivity index (χ1v) is 29.3. The molecule has 0 nitrogen and oxygen atoms in total. The molecule has 0 bridgehead atoms. The third kappa shape index (κ3) is 7.51. The molecule has 75 heavy (non-hydrogen) atoms. The summed E-state index contributed by atoms with van der Waals surface area (Å²) in [6.07, 6.45) is 0. The van der Waals surface area contributed by atoms with Crippen molar-refractivity contribution in [2.45, 2.75) is 49.0 Å². The maximum atomic E-state index is 2.54. The minimum Gasteiger partial charge on any atom is -0.0894 e. The predicted octanol–water partition coefficient (Wildman–Crippen LogP) is 22.3. The Balaban J connectivity index is 1.01. The van der Waals surface area contributed by atoms with Crippen LogP contribution in [0.25, 0.3) is 108 Å². The highest BCUT2D eigenvalue weighted by molar-refractivity contribution is 8.01. The van der Waals surface area contributed by atoms with Gasteiger partial charge in [-0.15, -0.1) is 0 Å². The second kappa shape index (κ2) is 17.6. The van der Waals surface area contributed by atoms with Gasteiger partial charge in [0.2, 0.25) is 0 Å². The number of hydrogen-bond donors (Lipinski definition) is 0. The van der Waals surface area contributed by atoms with Gasteiger partial charge >= 0.3 is 0 Å². The molecule has 0 fully saturated rings. The summed E-state index contributed by atoms with van der Waals surface area (Å²) in [5, 5.41) is 25.9. The number of hydrogen-bond acceptors (Lipinski definition) is 5. The maximum Gasteiger partial charge on any atom is 0.0208 e. The van der Waals surface area contributed by atoms with Crippen LogP contribution in [0.1, 0.15) is 0 Å². The van der Waals surface area contributed by atoms with Gasteiger partial charge in [0.05, 0.1) is 0 Å². The van der Waals surface area contributed by atoms with Crippen LogP contribution < -0.4 is 0 Å². The van der Waals surface area contributed by atoms with Crippen molar-refractivity contribution in [1.82, 2.24) is 0 Å². The lowest BCUT2D eigenvalue weighted by atomic mass is 9.99. The monoisotopic (exact) mass is 1040 g/mol. The second-order valence-corrected chi connectivity index (χ2v) is 25.1. The summed E-state index contributed by atoms with van der Waals surface area (Å²) in [6, 6.07) is 91.2. The van der Waals surface area contributed by atoms with Gasteiger partial charge in [0, 0.05) is 49.0 Å². The Kier molecular flexibility index (Phi) is 10.3. The smallest absolute Gasteiger partial charge is 0.0208 e. The van der Waals surface area contributed by atoms with Crippen LogP contribution in [0.4, 0.5) is 0 Å². The van der Waals surface area contributed by atoms with Gasteiger partial charge in [-0.25, -0.2) is 0 Å². The normalized spacial score (nSPS) is 12.3. The molecule has 0 atom stereocenters. The van der Waals surface area contributed by atoms with Crippen molar-refractivity contribution in [2.24, 2.45) is 0 Å². The summed E-state index contributed by atoms with van der Waals surface area (Å²) in [6.45, 7) is 0. The second-order valence-electron chi connectivity index (χ2n) is 19.5. The molecule has 0 aromatic heterocycles. The molecule has 16 aromatic carbocycles. The zero-order chi connectivity index (χ0) is 49.1. The van der Waals surface area contributed by atoms with Crippen LogP contribution in [-0.4, -0.2) is 0 Å². The van der Waals surface area contributed by atoms with E-state index in [1.54, 1.807) is 0 Å². The van der Waals surface area contributed by atoms with E-state index in [2.05, 4.69) is 243 Å². The van der Waals surface area contributed by atoms with E-state index in [1.165, 1.54) is 157 Å². The molecule has 0 radical (unpaired) electrons. The lowest BCUT2D eigenvalue weighted by Crippen LogP contribution is -1.88. The Bertz CT molecular complexity index is 4190. The number of rotatable bonds is 10. The van der Waals surface area contributed by atoms with Crippen LogP contribution in [0.3, 0.4) is 0 Å². The molecule has 5 heteroatoms. The molecule has 0 aliphatic heterocycles. The lowest BCUT2D eigenvalue weighted by Gasteiger charge is -2.16. The highest BCUT2D eigenvalue weighted by Crippen LogP contribution is 2.59. The van der Waals surface area contributed by atoms with Crippen molar-refractivity contribution in [3.63, 3.8) is 0 Å². The van der Waals surface area contributed by atoms with Crippen LogP contribution in [-0.2, 0) is 0 Å². The molecule has 0 amide bonds. The lowest BCUT2D eigenvalue weighted by molar-refractivity contribution is 1.44. The molecule has 0 saturated heterocycles. The molecule has 0 spiro atoms. The molecule has 350 valence electrons. The largest absolute Gasteiger partial charge is 0.0894 e. The van der Waals surface area contributed by atoms with Gasteiger partial charge in [-0.3, -0.25) is 0 Å². The quantitative estimate of drug-likeness (QED) is 0.125. The highest BCUT2D eigenvalue weighted by Gasteiger charge is 2.29. The van der Waals surface area contributed by atoms with Gasteiger partial charge in [-0.05, 0) is 199 Å². The van der Waals surface area contributed by atoms with Gasteiger partial charge in [-0.2, -0.15) is 0 Å². The van der Waals surface area contributed by atoms with Crippen LogP contribution in [0, 0.1) is 0 Å². The SMILES string of the molecule is c1ccc2cc(Sc3cc4c(Sc5ccc6ccccc6c5)cc5c(Sc6ccc7ccccc7c6)cc6c(Sc7ccc8ccccc8c7)cc7c(Sc8ccc9ccccc9c8)cc3c3c7c6c5c43)ccc2c1. The number of benzene rings is 15. The molecule has 0 aliphatic carbocycles. The van der Waals surface area contributed by atoms with Crippen LogP contribution in [0.15, 0.2) is 292 Å². The standard InChI is InChI=1S/C70H40S5/c1-6-16-46-31-51(26-21-41(46)11-1)71-61-36-57-63(73-53-28-23-43-13-3-8-18-48(43)33-53)38-59-65(75-55-30-25-45-15-5-10-20-50(45)35-55)40-60-64(74-54-29-24-44-14-4-9-19-49(44)34-54)39-58-62(37-56(61)66-67(57)69(59)70(60)68(58)66)72-52-27-22-42-12-2-7-17-47(42)32-52/h1-40H. The fraction of sp³-hybridized carbons (Fsp3) is 0. The van der Waals surface area contributed by atoms with E-state index < -0.39 is 0 Å². The van der Waals surface area contributed by atoms with Crippen LogP contribution in [0.2, 0.25) is 0 Å². The maximum absolute atomic E-state index is 2.54. The van der Waals surface area contributed by atoms with Gasteiger partial charge < -0.3 is 0 Å². The zero-order valence-electron chi connectivity index (χ0n) is 40.1. The Morgan fingerprint density at radius 2 is 0.333 bits per heavy atom. The minimum atomic E-state index is 1.24. The van der Waals surface area contributed by atoms with Crippen molar-refractivity contribution in [2.75, 3.05) is 0 Å². The molecule has 0 heterocycles. The molecule has 16 aromatic rings. The van der Waals surface area contributed by atoms with E-state index in [9.17, 15) is 0 Å². The Hall–Kier alpha value is -7.35. The molecule has 0 saturated carbocycles. The summed E-state index contributed by atoms with van der Waals surface area (Å²) < 4.78 is 0. The van der Waals surface area contributed by atoms with E-state index in [0.717, 1.165) is 0 Å². The summed E-state index contributed by atoms with van der Waals surface area (Å²) in [5.41, 5.74) is 0. The third-order valence-electron chi connectivity index (χ3n) is 15.0. The predicted molar refractivity (Wildman–Crippen MR) is 328 cm³/mol. The Labute approximate surface area is 454 Å². The first kappa shape index (κ1) is 44.0. The summed E-state index contributed by atoms with van der Waals surface area (Å²) in [7, 11) is 0. The molecule has 0 aliphatic rings. The van der Waals surface area contributed by atoms with E-state index >= 15 is 0 Å². The van der Waals surface area contributed by atoms with E-state index in [1.807, 2.05) is 58.8 Å². The number of fused-ring (bicyclic) bond motifs is 5. The molecule has 0 N–H and O–H groups in total. The van der Waals surface area contributed by atoms with Crippen molar-refractivity contribution < 1.29 is 0 Å². The highest BCUT2D eigenvalue weighted by atomic mass is 32.2. The summed E-state index contributed by atoms with van der Waals surface area (Å²) in [4.78, 5) is 12.6. The minimum absolute atomic E-state index is 1.24. The van der Waals surface area contributed by atoms with Crippen molar-refractivity contribution in [3.05, 3.63) is 243 Å². The van der Waals surface area contributed by atoms with Crippen molar-refractivity contribution >= 4 is 167 Å². The van der Waals surface area contributed by atoms with E-state index in [-0.39, 0.29) is 0 Å². The van der Waals surface area contributed by atoms with Crippen molar-refractivity contribution in [3.8, 4) is 0 Å². The van der Waals surface area contributed by atoms with Gasteiger partial charge in [0.25, 0.3) is 0 Å². The van der Waals surface area contributed by atoms with Gasteiger partial charge in [0.1, 0.15) is 0 Å². The fourth-order valence-electron chi connectivity index (χ4n) is 11.6. The molecular weight excluding hydrogens is 1000 g/mol. The summed E-state index contributed by atoms with van der Waals surface area (Å²) >= 11 is 9.50. The first-order valence-electron chi connectivity index (χ1n) is 25.3. The molecule has 0 unspecified atom stereocenters. The molecular formula is C70H40S5. The van der Waals surface area contributed by atoms with Gasteiger partial charge in [0.15, 0.2) is 0 Å². The van der Waals surface area contributed by atoms with Crippen LogP contribution >= 0.6 is 58.8 Å². The Morgan fingerprint density at radius 1 is 0.160 bits per heavy atom. The third-order valence-corrected chi connectivity index (χ3v) is 20.3. The van der Waals surface area contributed by atoms with Crippen LogP contribution in [0.5, 0.6) is 0 Å². The summed E-state index contributed by atoms with van der Waals surface area (Å²) in [5.74, 6) is 0. The average Bonchev–Trinajstić information content (AvgIpc) is 4.05. The average molecular weight is 1040 g/mol. The van der Waals surface area contributed by atoms with E-state index in [0.29, 0.717) is 0 Å². The molecule has 16 rings (SSSR count). The van der Waals surface area contributed by atoms with Gasteiger partial charge in [-0.1, -0.05) is 210 Å². The van der Waals surface area contributed by atoms with E-state index in [4.69, 9.17) is 0 Å².